The Bertz CT molecular complexity index is 1050. The zero-order valence-electron chi connectivity index (χ0n) is 16.2. The Balaban J connectivity index is 1.76. The van der Waals surface area contributed by atoms with E-state index < -0.39 is 6.17 Å². The van der Waals surface area contributed by atoms with E-state index in [1.54, 1.807) is 12.0 Å². The van der Waals surface area contributed by atoms with Crippen LogP contribution in [0.3, 0.4) is 0 Å². The van der Waals surface area contributed by atoms with Crippen LogP contribution in [0.2, 0.25) is 0 Å². The van der Waals surface area contributed by atoms with Crippen LogP contribution in [0.25, 0.3) is 0 Å². The molecule has 0 saturated carbocycles. The predicted octanol–water partition coefficient (Wildman–Crippen LogP) is 4.42. The molecule has 0 spiro atoms. The number of methoxy groups -OCH3 is 1. The summed E-state index contributed by atoms with van der Waals surface area (Å²) in [5.41, 5.74) is 3.78. The van der Waals surface area contributed by atoms with Gasteiger partial charge in [0.25, 0.3) is 5.91 Å². The predicted molar refractivity (Wildman–Crippen MR) is 113 cm³/mol. The summed E-state index contributed by atoms with van der Waals surface area (Å²) in [5.74, 6) is 0.515. The third kappa shape index (κ3) is 3.65. The molecule has 146 valence electrons. The van der Waals surface area contributed by atoms with Crippen molar-refractivity contribution in [1.29, 1.82) is 0 Å². The molecule has 4 rings (SSSR count). The number of hydrogen-bond donors (Lipinski definition) is 2. The van der Waals surface area contributed by atoms with Gasteiger partial charge in [-0.05, 0) is 54.1 Å². The Kier molecular flexibility index (Phi) is 4.91. The number of hydrogen-bond acceptors (Lipinski definition) is 4. The summed E-state index contributed by atoms with van der Waals surface area (Å²) in [7, 11) is 1.61. The fourth-order valence-electron chi connectivity index (χ4n) is 3.45. The van der Waals surface area contributed by atoms with Crippen LogP contribution >= 0.6 is 0 Å². The number of nitrogens with zero attached hydrogens (tertiary/aromatic N) is 1. The van der Waals surface area contributed by atoms with Crippen LogP contribution in [0, 0.1) is 0 Å². The van der Waals surface area contributed by atoms with Crippen molar-refractivity contribution in [3.05, 3.63) is 83.9 Å². The fraction of sp³-hybridized carbons (Fsp3) is 0.130. The minimum atomic E-state index is -0.392. The Morgan fingerprint density at radius 1 is 1.00 bits per heavy atom. The van der Waals surface area contributed by atoms with E-state index in [0.717, 1.165) is 22.7 Å². The SMILES string of the molecule is COc1ccc(N2C(=O)c3ccccc3N[C@@H]2c2ccc(NC(C)=O)cc2)cc1. The number of carbonyl (C=O) groups excluding carboxylic acids is 2. The summed E-state index contributed by atoms with van der Waals surface area (Å²) >= 11 is 0. The van der Waals surface area contributed by atoms with E-state index >= 15 is 0 Å². The number of nitrogens with one attached hydrogen (secondary N) is 2. The lowest BCUT2D eigenvalue weighted by molar-refractivity contribution is -0.114. The summed E-state index contributed by atoms with van der Waals surface area (Å²) in [4.78, 5) is 26.4. The Hall–Kier alpha value is -3.80. The smallest absolute Gasteiger partial charge is 0.262 e. The molecule has 0 aliphatic carbocycles. The maximum Gasteiger partial charge on any atom is 0.262 e. The lowest BCUT2D eigenvalue weighted by Crippen LogP contribution is -2.43. The van der Waals surface area contributed by atoms with Crippen LogP contribution in [0.5, 0.6) is 5.75 Å². The largest absolute Gasteiger partial charge is 0.497 e. The average molecular weight is 387 g/mol. The van der Waals surface area contributed by atoms with Crippen molar-refractivity contribution < 1.29 is 14.3 Å². The third-order valence-electron chi connectivity index (χ3n) is 4.82. The normalized spacial score (nSPS) is 15.3. The highest BCUT2D eigenvalue weighted by Gasteiger charge is 2.33. The molecule has 29 heavy (non-hydrogen) atoms. The van der Waals surface area contributed by atoms with Crippen LogP contribution in [0.4, 0.5) is 17.1 Å². The van der Waals surface area contributed by atoms with E-state index in [1.807, 2.05) is 72.8 Å². The van der Waals surface area contributed by atoms with Crippen molar-refractivity contribution in [3.8, 4) is 5.75 Å². The van der Waals surface area contributed by atoms with Crippen molar-refractivity contribution in [2.24, 2.45) is 0 Å². The second-order valence-electron chi connectivity index (χ2n) is 6.77. The molecular formula is C23H21N3O3. The summed E-state index contributed by atoms with van der Waals surface area (Å²) in [6, 6.07) is 22.3. The Labute approximate surface area is 169 Å². The zero-order valence-corrected chi connectivity index (χ0v) is 16.2. The maximum absolute atomic E-state index is 13.4. The standard InChI is InChI=1S/C23H21N3O3/c1-15(27)24-17-9-7-16(8-10-17)22-25-21-6-4-3-5-20(21)23(28)26(22)18-11-13-19(29-2)14-12-18/h3-14,22,25H,1-2H3,(H,24,27)/t22-/m0/s1. The lowest BCUT2D eigenvalue weighted by atomic mass is 10.0. The van der Waals surface area contributed by atoms with Gasteiger partial charge in [0.1, 0.15) is 11.9 Å². The first kappa shape index (κ1) is 18.6. The number of fused-ring (bicyclic) bond motifs is 1. The molecule has 3 aromatic rings. The monoisotopic (exact) mass is 387 g/mol. The quantitative estimate of drug-likeness (QED) is 0.695. The highest BCUT2D eigenvalue weighted by molar-refractivity contribution is 6.12. The van der Waals surface area contributed by atoms with Crippen molar-refractivity contribution in [3.63, 3.8) is 0 Å². The average Bonchev–Trinajstić information content (AvgIpc) is 2.74. The molecule has 6 nitrogen and oxygen atoms in total. The number of ether oxygens (including phenoxy) is 1. The molecule has 1 aliphatic rings. The Morgan fingerprint density at radius 3 is 2.34 bits per heavy atom. The van der Waals surface area contributed by atoms with E-state index in [1.165, 1.54) is 6.92 Å². The molecule has 3 aromatic carbocycles. The molecule has 0 unspecified atom stereocenters. The van der Waals surface area contributed by atoms with Crippen LogP contribution in [0.1, 0.15) is 29.0 Å². The molecule has 1 aliphatic heterocycles. The second kappa shape index (κ2) is 7.67. The van der Waals surface area contributed by atoms with Crippen molar-refractivity contribution in [1.82, 2.24) is 0 Å². The molecule has 2 N–H and O–H groups in total. The van der Waals surface area contributed by atoms with Crippen LogP contribution in [-0.2, 0) is 4.79 Å². The molecular weight excluding hydrogens is 366 g/mol. The molecule has 2 amide bonds. The van der Waals surface area contributed by atoms with Crippen LogP contribution in [-0.4, -0.2) is 18.9 Å². The molecule has 0 saturated heterocycles. The molecule has 0 radical (unpaired) electrons. The van der Waals surface area contributed by atoms with Gasteiger partial charge in [-0.2, -0.15) is 0 Å². The molecule has 0 bridgehead atoms. The van der Waals surface area contributed by atoms with Crippen LogP contribution in [0.15, 0.2) is 72.8 Å². The fourth-order valence-corrected chi connectivity index (χ4v) is 3.45. The van der Waals surface area contributed by atoms with E-state index in [0.29, 0.717) is 11.3 Å². The van der Waals surface area contributed by atoms with Gasteiger partial charge in [-0.25, -0.2) is 0 Å². The minimum Gasteiger partial charge on any atom is -0.497 e. The van der Waals surface area contributed by atoms with Gasteiger partial charge in [-0.3, -0.25) is 14.5 Å². The van der Waals surface area contributed by atoms with E-state index in [-0.39, 0.29) is 11.8 Å². The first-order valence-corrected chi connectivity index (χ1v) is 9.27. The van der Waals surface area contributed by atoms with Gasteiger partial charge in [-0.1, -0.05) is 24.3 Å². The van der Waals surface area contributed by atoms with Crippen LogP contribution < -0.4 is 20.3 Å². The van der Waals surface area contributed by atoms with Gasteiger partial charge < -0.3 is 15.4 Å². The Morgan fingerprint density at radius 2 is 1.69 bits per heavy atom. The lowest BCUT2D eigenvalue weighted by Gasteiger charge is -2.38. The van der Waals surface area contributed by atoms with Gasteiger partial charge in [0.15, 0.2) is 0 Å². The number of para-hydroxylation sites is 1. The minimum absolute atomic E-state index is 0.0829. The van der Waals surface area contributed by atoms with Gasteiger partial charge in [-0.15, -0.1) is 0 Å². The molecule has 6 heteroatoms. The number of benzene rings is 3. The van der Waals surface area contributed by atoms with Crippen molar-refractivity contribution in [2.75, 3.05) is 22.6 Å². The first-order valence-electron chi connectivity index (χ1n) is 9.27. The van der Waals surface area contributed by atoms with Crippen molar-refractivity contribution >= 4 is 28.9 Å². The van der Waals surface area contributed by atoms with Gasteiger partial charge in [0.2, 0.25) is 5.91 Å². The van der Waals surface area contributed by atoms with Gasteiger partial charge >= 0.3 is 0 Å². The molecule has 0 fully saturated rings. The highest BCUT2D eigenvalue weighted by atomic mass is 16.5. The summed E-state index contributed by atoms with van der Waals surface area (Å²) in [6.07, 6.45) is -0.392. The van der Waals surface area contributed by atoms with E-state index in [4.69, 9.17) is 4.74 Å². The number of carbonyl (C=O) groups is 2. The summed E-state index contributed by atoms with van der Waals surface area (Å²) in [6.45, 7) is 1.47. The third-order valence-corrected chi connectivity index (χ3v) is 4.82. The summed E-state index contributed by atoms with van der Waals surface area (Å²) in [5, 5.41) is 6.23. The number of amides is 2. The zero-order chi connectivity index (χ0) is 20.4. The topological polar surface area (TPSA) is 70.7 Å². The molecule has 1 heterocycles. The number of rotatable bonds is 4. The van der Waals surface area contributed by atoms with E-state index in [9.17, 15) is 9.59 Å². The second-order valence-corrected chi connectivity index (χ2v) is 6.77. The highest BCUT2D eigenvalue weighted by Crippen LogP contribution is 2.37. The number of anilines is 3. The first-order chi connectivity index (χ1) is 14.1. The summed E-state index contributed by atoms with van der Waals surface area (Å²) < 4.78 is 5.24. The maximum atomic E-state index is 13.4. The molecule has 1 atom stereocenters. The van der Waals surface area contributed by atoms with Gasteiger partial charge in [0.05, 0.1) is 12.7 Å². The van der Waals surface area contributed by atoms with E-state index in [2.05, 4.69) is 10.6 Å². The molecule has 0 aromatic heterocycles. The van der Waals surface area contributed by atoms with Gasteiger partial charge in [0, 0.05) is 24.0 Å². The van der Waals surface area contributed by atoms with Crippen molar-refractivity contribution in [2.45, 2.75) is 13.1 Å².